The van der Waals surface area contributed by atoms with E-state index >= 15 is 0 Å². The van der Waals surface area contributed by atoms with E-state index in [1.807, 2.05) is 19.1 Å². The maximum atomic E-state index is 13.3. The number of nitrogens with zero attached hydrogens (tertiary/aromatic N) is 2. The molecule has 8 heteroatoms. The number of Topliss-reactive ketones (excluding diaryl/α,β-unsaturated/α-hetero) is 1. The van der Waals surface area contributed by atoms with Gasteiger partial charge in [-0.25, -0.2) is 8.42 Å². The molecule has 2 aromatic rings. The maximum Gasteiger partial charge on any atom is 0.244 e. The molecule has 4 rings (SSSR count). The Balaban J connectivity index is 1.47. The summed E-state index contributed by atoms with van der Waals surface area (Å²) in [7, 11) is -3.69. The Morgan fingerprint density at radius 1 is 1.00 bits per heavy atom. The largest absolute Gasteiger partial charge is 0.312 e. The summed E-state index contributed by atoms with van der Waals surface area (Å²) in [5.74, 6) is 0.111. The van der Waals surface area contributed by atoms with Crippen LogP contribution in [0.2, 0.25) is 5.02 Å². The van der Waals surface area contributed by atoms with E-state index in [4.69, 9.17) is 11.6 Å². The van der Waals surface area contributed by atoms with Crippen molar-refractivity contribution in [3.05, 3.63) is 59.1 Å². The van der Waals surface area contributed by atoms with E-state index in [2.05, 4.69) is 0 Å². The average Bonchev–Trinajstić information content (AvgIpc) is 3.09. The third-order valence-electron chi connectivity index (χ3n) is 6.47. The number of benzene rings is 2. The number of amides is 1. The molecule has 0 bridgehead atoms. The smallest absolute Gasteiger partial charge is 0.244 e. The number of hydrogen-bond acceptors (Lipinski definition) is 4. The van der Waals surface area contributed by atoms with Gasteiger partial charge in [-0.05, 0) is 55.7 Å². The summed E-state index contributed by atoms with van der Waals surface area (Å²) in [6.45, 7) is 2.99. The molecule has 0 unspecified atom stereocenters. The van der Waals surface area contributed by atoms with Crippen molar-refractivity contribution in [1.82, 2.24) is 4.31 Å². The molecule has 2 heterocycles. The Hall–Kier alpha value is -2.22. The molecule has 2 aromatic carbocycles. The average molecular weight is 461 g/mol. The quantitative estimate of drug-likeness (QED) is 0.628. The molecule has 2 aliphatic rings. The van der Waals surface area contributed by atoms with Crippen molar-refractivity contribution in [2.24, 2.45) is 5.41 Å². The zero-order valence-corrected chi connectivity index (χ0v) is 19.0. The number of rotatable bonds is 5. The first kappa shape index (κ1) is 22.0. The molecule has 0 aromatic heterocycles. The first-order chi connectivity index (χ1) is 14.8. The maximum absolute atomic E-state index is 13.3. The summed E-state index contributed by atoms with van der Waals surface area (Å²) in [4.78, 5) is 27.0. The number of ketones is 1. The minimum Gasteiger partial charge on any atom is -0.312 e. The molecule has 0 radical (unpaired) electrons. The molecule has 0 saturated carbocycles. The van der Waals surface area contributed by atoms with Gasteiger partial charge in [0.15, 0.2) is 5.78 Å². The van der Waals surface area contributed by atoms with Crippen LogP contribution in [0.4, 0.5) is 5.69 Å². The van der Waals surface area contributed by atoms with Gasteiger partial charge in [0.05, 0.1) is 10.4 Å². The molecule has 31 heavy (non-hydrogen) atoms. The molecule has 1 amide bonds. The van der Waals surface area contributed by atoms with Crippen molar-refractivity contribution in [1.29, 1.82) is 0 Å². The van der Waals surface area contributed by atoms with Crippen molar-refractivity contribution >= 4 is 39.0 Å². The van der Waals surface area contributed by atoms with Crippen LogP contribution in [0.3, 0.4) is 0 Å². The van der Waals surface area contributed by atoms with Crippen LogP contribution in [-0.4, -0.2) is 44.0 Å². The zero-order chi connectivity index (χ0) is 22.2. The lowest BCUT2D eigenvalue weighted by molar-refractivity contribution is -0.127. The van der Waals surface area contributed by atoms with E-state index in [1.54, 1.807) is 35.2 Å². The molecule has 2 saturated heterocycles. The molecule has 2 fully saturated rings. The molecule has 1 spiro atoms. The van der Waals surface area contributed by atoms with Crippen LogP contribution in [0.5, 0.6) is 0 Å². The topological polar surface area (TPSA) is 74.8 Å². The highest BCUT2D eigenvalue weighted by molar-refractivity contribution is 7.89. The fourth-order valence-electron chi connectivity index (χ4n) is 4.51. The van der Waals surface area contributed by atoms with Gasteiger partial charge < -0.3 is 4.90 Å². The molecule has 0 aliphatic carbocycles. The third kappa shape index (κ3) is 3.90. The lowest BCUT2D eigenvalue weighted by Crippen LogP contribution is -2.46. The van der Waals surface area contributed by atoms with Gasteiger partial charge in [-0.1, -0.05) is 30.7 Å². The van der Waals surface area contributed by atoms with Gasteiger partial charge >= 0.3 is 0 Å². The number of halogens is 1. The van der Waals surface area contributed by atoms with Crippen LogP contribution in [-0.2, 0) is 14.8 Å². The molecule has 6 nitrogen and oxygen atoms in total. The summed E-state index contributed by atoms with van der Waals surface area (Å²) in [6, 6.07) is 13.6. The number of sulfonamides is 1. The van der Waals surface area contributed by atoms with Gasteiger partial charge in [-0.15, -0.1) is 0 Å². The van der Waals surface area contributed by atoms with Crippen molar-refractivity contribution in [2.75, 3.05) is 24.5 Å². The highest BCUT2D eigenvalue weighted by Gasteiger charge is 2.50. The Labute approximate surface area is 187 Å². The molecule has 164 valence electrons. The van der Waals surface area contributed by atoms with Crippen LogP contribution < -0.4 is 4.90 Å². The fraction of sp³-hybridized carbons (Fsp3) is 0.391. The van der Waals surface area contributed by atoms with Gasteiger partial charge in [0.1, 0.15) is 4.90 Å². The monoisotopic (exact) mass is 460 g/mol. The zero-order valence-electron chi connectivity index (χ0n) is 17.4. The second-order valence-electron chi connectivity index (χ2n) is 8.15. The highest BCUT2D eigenvalue weighted by atomic mass is 35.5. The second-order valence-corrected chi connectivity index (χ2v) is 10.5. The van der Waals surface area contributed by atoms with Crippen molar-refractivity contribution in [2.45, 2.75) is 37.5 Å². The van der Waals surface area contributed by atoms with E-state index in [1.165, 1.54) is 10.4 Å². The van der Waals surface area contributed by atoms with Crippen LogP contribution >= 0.6 is 11.6 Å². The third-order valence-corrected chi connectivity index (χ3v) is 8.87. The molecule has 2 aliphatic heterocycles. The van der Waals surface area contributed by atoms with E-state index in [-0.39, 0.29) is 34.7 Å². The SMILES string of the molecule is CCC(=O)c1ccc(N2CCC3(CCN(S(=O)(=O)c4ccccc4Cl)CC3)C2=O)cc1. The molecule has 0 atom stereocenters. The highest BCUT2D eigenvalue weighted by Crippen LogP contribution is 2.44. The minimum atomic E-state index is -3.69. The van der Waals surface area contributed by atoms with Crippen molar-refractivity contribution < 1.29 is 18.0 Å². The second kappa shape index (κ2) is 8.37. The van der Waals surface area contributed by atoms with Crippen LogP contribution in [0, 0.1) is 5.41 Å². The predicted octanol–water partition coefficient (Wildman–Crippen LogP) is 4.14. The van der Waals surface area contributed by atoms with Crippen molar-refractivity contribution in [3.8, 4) is 0 Å². The van der Waals surface area contributed by atoms with Crippen molar-refractivity contribution in [3.63, 3.8) is 0 Å². The number of carbonyl (C=O) groups excluding carboxylic acids is 2. The van der Waals surface area contributed by atoms with E-state index < -0.39 is 15.4 Å². The Morgan fingerprint density at radius 3 is 2.23 bits per heavy atom. The summed E-state index contributed by atoms with van der Waals surface area (Å²) >= 11 is 6.11. The summed E-state index contributed by atoms with van der Waals surface area (Å²) in [6.07, 6.45) is 2.11. The Bertz CT molecular complexity index is 1110. The van der Waals surface area contributed by atoms with Gasteiger partial charge in [0.25, 0.3) is 0 Å². The van der Waals surface area contributed by atoms with Crippen LogP contribution in [0.15, 0.2) is 53.4 Å². The lowest BCUT2D eigenvalue weighted by Gasteiger charge is -2.37. The summed E-state index contributed by atoms with van der Waals surface area (Å²) in [5, 5.41) is 0.205. The fourth-order valence-corrected chi connectivity index (χ4v) is 6.44. The van der Waals surface area contributed by atoms with E-state index in [0.717, 1.165) is 5.69 Å². The van der Waals surface area contributed by atoms with Gasteiger partial charge in [0, 0.05) is 37.3 Å². The van der Waals surface area contributed by atoms with Crippen LogP contribution in [0.25, 0.3) is 0 Å². The van der Waals surface area contributed by atoms with E-state index in [0.29, 0.717) is 37.8 Å². The Morgan fingerprint density at radius 2 is 1.61 bits per heavy atom. The lowest BCUT2D eigenvalue weighted by atomic mass is 9.77. The van der Waals surface area contributed by atoms with Gasteiger partial charge in [-0.2, -0.15) is 4.31 Å². The normalized spacial score (nSPS) is 19.2. The summed E-state index contributed by atoms with van der Waals surface area (Å²) in [5.41, 5.74) is 0.885. The minimum absolute atomic E-state index is 0.0388. The molecular formula is C23H25ClN2O4S. The van der Waals surface area contributed by atoms with Crippen LogP contribution in [0.1, 0.15) is 43.0 Å². The standard InChI is InChI=1S/C23H25ClN2O4S/c1-2-20(27)17-7-9-18(10-8-17)26-16-13-23(22(26)28)11-14-25(15-12-23)31(29,30)21-6-4-3-5-19(21)24/h3-10H,2,11-16H2,1H3. The molecular weight excluding hydrogens is 436 g/mol. The number of carbonyl (C=O) groups is 2. The van der Waals surface area contributed by atoms with E-state index in [9.17, 15) is 18.0 Å². The predicted molar refractivity (Wildman–Crippen MR) is 120 cm³/mol. The first-order valence-electron chi connectivity index (χ1n) is 10.5. The van der Waals surface area contributed by atoms with Gasteiger partial charge in [-0.3, -0.25) is 9.59 Å². The van der Waals surface area contributed by atoms with Gasteiger partial charge in [0.2, 0.25) is 15.9 Å². The number of anilines is 1. The Kier molecular flexibility index (Phi) is 5.94. The summed E-state index contributed by atoms with van der Waals surface area (Å²) < 4.78 is 27.4. The number of hydrogen-bond donors (Lipinski definition) is 0. The molecule has 0 N–H and O–H groups in total. The number of piperidine rings is 1. The first-order valence-corrected chi connectivity index (χ1v) is 12.3.